The lowest BCUT2D eigenvalue weighted by atomic mass is 10.1. The van der Waals surface area contributed by atoms with Gasteiger partial charge in [0.2, 0.25) is 0 Å². The van der Waals surface area contributed by atoms with E-state index in [2.05, 4.69) is 22.1 Å². The highest BCUT2D eigenvalue weighted by Gasteiger charge is 2.24. The molecule has 1 aromatic rings. The number of pyridine rings is 1. The van der Waals surface area contributed by atoms with Gasteiger partial charge in [-0.3, -0.25) is 4.79 Å². The van der Waals surface area contributed by atoms with Crippen molar-refractivity contribution in [2.24, 2.45) is 0 Å². The molecule has 1 aromatic heterocycles. The van der Waals surface area contributed by atoms with Crippen molar-refractivity contribution in [3.8, 4) is 0 Å². The van der Waals surface area contributed by atoms with Crippen LogP contribution in [0.15, 0.2) is 18.3 Å². The van der Waals surface area contributed by atoms with Crippen LogP contribution in [0.2, 0.25) is 0 Å². The number of carbonyl (C=O) groups excluding carboxylic acids is 1. The van der Waals surface area contributed by atoms with Crippen molar-refractivity contribution in [3.63, 3.8) is 0 Å². The highest BCUT2D eigenvalue weighted by Crippen LogP contribution is 2.18. The fourth-order valence-corrected chi connectivity index (χ4v) is 2.95. The summed E-state index contributed by atoms with van der Waals surface area (Å²) in [6.07, 6.45) is 4.20. The fraction of sp³-hybridized carbons (Fsp3) is 0.600. The van der Waals surface area contributed by atoms with Gasteiger partial charge in [0, 0.05) is 45.0 Å². The van der Waals surface area contributed by atoms with Gasteiger partial charge in [0.25, 0.3) is 5.91 Å². The summed E-state index contributed by atoms with van der Waals surface area (Å²) >= 11 is 0. The maximum absolute atomic E-state index is 12.5. The second-order valence-electron chi connectivity index (χ2n) is 5.65. The summed E-state index contributed by atoms with van der Waals surface area (Å²) in [4.78, 5) is 21.2. The third kappa shape index (κ3) is 2.63. The van der Waals surface area contributed by atoms with E-state index in [1.165, 1.54) is 12.8 Å². The normalized spacial score (nSPS) is 23.1. The monoisotopic (exact) mass is 274 g/mol. The zero-order chi connectivity index (χ0) is 13.9. The number of anilines is 1. The summed E-state index contributed by atoms with van der Waals surface area (Å²) in [6, 6.07) is 4.14. The maximum atomic E-state index is 12.5. The molecule has 5 nitrogen and oxygen atoms in total. The van der Waals surface area contributed by atoms with Crippen molar-refractivity contribution in [3.05, 3.63) is 23.9 Å². The average Bonchev–Trinajstić information content (AvgIpc) is 3.01. The van der Waals surface area contributed by atoms with Gasteiger partial charge in [-0.25, -0.2) is 4.98 Å². The summed E-state index contributed by atoms with van der Waals surface area (Å²) in [5.74, 6) is 1.09. The third-order valence-corrected chi connectivity index (χ3v) is 4.19. The van der Waals surface area contributed by atoms with Crippen LogP contribution in [0, 0.1) is 0 Å². The molecule has 1 amide bonds. The molecule has 0 saturated carbocycles. The van der Waals surface area contributed by atoms with E-state index in [0.717, 1.165) is 38.5 Å². The van der Waals surface area contributed by atoms with Gasteiger partial charge in [-0.2, -0.15) is 0 Å². The second-order valence-corrected chi connectivity index (χ2v) is 5.65. The topological polar surface area (TPSA) is 48.5 Å². The summed E-state index contributed by atoms with van der Waals surface area (Å²) in [5, 5.41) is 3.30. The quantitative estimate of drug-likeness (QED) is 0.878. The Morgan fingerprint density at radius 1 is 1.30 bits per heavy atom. The Bertz CT molecular complexity index is 467. The van der Waals surface area contributed by atoms with E-state index < -0.39 is 0 Å². The summed E-state index contributed by atoms with van der Waals surface area (Å²) < 4.78 is 0. The van der Waals surface area contributed by atoms with Gasteiger partial charge in [-0.05, 0) is 31.9 Å². The minimum atomic E-state index is 0.0967. The molecule has 0 spiro atoms. The van der Waals surface area contributed by atoms with Crippen LogP contribution >= 0.6 is 0 Å². The number of rotatable bonds is 2. The van der Waals surface area contributed by atoms with Crippen molar-refractivity contribution < 1.29 is 4.79 Å². The lowest BCUT2D eigenvalue weighted by Crippen LogP contribution is -2.52. The van der Waals surface area contributed by atoms with Crippen LogP contribution < -0.4 is 10.2 Å². The van der Waals surface area contributed by atoms with Crippen molar-refractivity contribution in [1.82, 2.24) is 15.2 Å². The molecule has 5 heteroatoms. The fourth-order valence-electron chi connectivity index (χ4n) is 2.95. The molecular weight excluding hydrogens is 252 g/mol. The van der Waals surface area contributed by atoms with Gasteiger partial charge in [0.15, 0.2) is 0 Å². The number of nitrogens with one attached hydrogen (secondary N) is 1. The van der Waals surface area contributed by atoms with Crippen LogP contribution in [0.5, 0.6) is 0 Å². The number of hydrogen-bond donors (Lipinski definition) is 1. The van der Waals surface area contributed by atoms with E-state index in [4.69, 9.17) is 0 Å². The highest BCUT2D eigenvalue weighted by molar-refractivity contribution is 5.94. The van der Waals surface area contributed by atoms with Gasteiger partial charge in [0.1, 0.15) is 5.82 Å². The van der Waals surface area contributed by atoms with Crippen molar-refractivity contribution in [1.29, 1.82) is 0 Å². The molecular formula is C15H22N4O. The van der Waals surface area contributed by atoms with E-state index in [9.17, 15) is 4.79 Å². The molecule has 3 rings (SSSR count). The largest absolute Gasteiger partial charge is 0.357 e. The molecule has 0 radical (unpaired) electrons. The predicted octanol–water partition coefficient (Wildman–Crippen LogP) is 1.12. The molecule has 2 saturated heterocycles. The lowest BCUT2D eigenvalue weighted by Gasteiger charge is -2.34. The first-order valence-electron chi connectivity index (χ1n) is 7.48. The zero-order valence-corrected chi connectivity index (χ0v) is 12.0. The molecule has 108 valence electrons. The number of carbonyl (C=O) groups is 1. The van der Waals surface area contributed by atoms with E-state index in [1.807, 2.05) is 17.0 Å². The Kier molecular flexibility index (Phi) is 3.87. The predicted molar refractivity (Wildman–Crippen MR) is 79.1 cm³/mol. The number of hydrogen-bond acceptors (Lipinski definition) is 4. The minimum absolute atomic E-state index is 0.0967. The Hall–Kier alpha value is -1.62. The summed E-state index contributed by atoms with van der Waals surface area (Å²) in [6.45, 7) is 6.74. The van der Waals surface area contributed by atoms with Gasteiger partial charge >= 0.3 is 0 Å². The molecule has 0 bridgehead atoms. The van der Waals surface area contributed by atoms with Crippen molar-refractivity contribution >= 4 is 11.7 Å². The van der Waals surface area contributed by atoms with Gasteiger partial charge in [-0.15, -0.1) is 0 Å². The molecule has 3 heterocycles. The van der Waals surface area contributed by atoms with Gasteiger partial charge in [0.05, 0.1) is 5.56 Å². The lowest BCUT2D eigenvalue weighted by molar-refractivity contribution is 0.0655. The van der Waals surface area contributed by atoms with Crippen LogP contribution in [-0.2, 0) is 0 Å². The molecule has 1 N–H and O–H groups in total. The molecule has 2 aliphatic rings. The third-order valence-electron chi connectivity index (χ3n) is 4.19. The number of amides is 1. The molecule has 2 aliphatic heterocycles. The van der Waals surface area contributed by atoms with Crippen LogP contribution in [0.25, 0.3) is 0 Å². The van der Waals surface area contributed by atoms with Crippen molar-refractivity contribution in [2.45, 2.75) is 25.8 Å². The molecule has 2 fully saturated rings. The van der Waals surface area contributed by atoms with Crippen LogP contribution in [-0.4, -0.2) is 54.6 Å². The highest BCUT2D eigenvalue weighted by atomic mass is 16.2. The van der Waals surface area contributed by atoms with Gasteiger partial charge < -0.3 is 15.1 Å². The Morgan fingerprint density at radius 3 is 2.75 bits per heavy atom. The van der Waals surface area contributed by atoms with Gasteiger partial charge in [-0.1, -0.05) is 0 Å². The van der Waals surface area contributed by atoms with E-state index in [0.29, 0.717) is 5.56 Å². The van der Waals surface area contributed by atoms with E-state index in [-0.39, 0.29) is 11.9 Å². The number of piperazine rings is 1. The van der Waals surface area contributed by atoms with Crippen LogP contribution in [0.4, 0.5) is 5.82 Å². The average molecular weight is 274 g/mol. The molecule has 20 heavy (non-hydrogen) atoms. The first-order chi connectivity index (χ1) is 9.75. The zero-order valence-electron chi connectivity index (χ0n) is 12.0. The Balaban J connectivity index is 1.71. The van der Waals surface area contributed by atoms with Crippen LogP contribution in [0.1, 0.15) is 30.1 Å². The summed E-state index contributed by atoms with van der Waals surface area (Å²) in [5.41, 5.74) is 0.696. The smallest absolute Gasteiger partial charge is 0.255 e. The maximum Gasteiger partial charge on any atom is 0.255 e. The molecule has 0 aliphatic carbocycles. The van der Waals surface area contributed by atoms with E-state index >= 15 is 0 Å². The molecule has 0 unspecified atom stereocenters. The number of nitrogens with zero attached hydrogens (tertiary/aromatic N) is 3. The SMILES string of the molecule is C[C@@H]1CNCCN1C(=O)c1ccc(N2CCCC2)nc1. The Labute approximate surface area is 120 Å². The molecule has 1 atom stereocenters. The number of aromatic nitrogens is 1. The summed E-state index contributed by atoms with van der Waals surface area (Å²) in [7, 11) is 0. The first-order valence-corrected chi connectivity index (χ1v) is 7.48. The Morgan fingerprint density at radius 2 is 2.10 bits per heavy atom. The second kappa shape index (κ2) is 5.79. The van der Waals surface area contributed by atoms with E-state index in [1.54, 1.807) is 6.20 Å². The first kappa shape index (κ1) is 13.4. The minimum Gasteiger partial charge on any atom is -0.357 e. The van der Waals surface area contributed by atoms with Crippen LogP contribution in [0.3, 0.4) is 0 Å². The molecule has 0 aromatic carbocycles. The standard InChI is InChI=1S/C15H22N4O/c1-12-10-16-6-9-19(12)15(20)13-4-5-14(17-11-13)18-7-2-3-8-18/h4-5,11-12,16H,2-3,6-10H2,1H3/t12-/m1/s1. The van der Waals surface area contributed by atoms with Crippen molar-refractivity contribution in [2.75, 3.05) is 37.6 Å².